The van der Waals surface area contributed by atoms with Gasteiger partial charge in [0, 0.05) is 24.4 Å². The summed E-state index contributed by atoms with van der Waals surface area (Å²) >= 11 is 1.44. The van der Waals surface area contributed by atoms with Gasteiger partial charge in [0.1, 0.15) is 5.75 Å². The van der Waals surface area contributed by atoms with Crippen LogP contribution in [0.15, 0.2) is 28.2 Å². The van der Waals surface area contributed by atoms with Gasteiger partial charge in [-0.3, -0.25) is 4.57 Å². The van der Waals surface area contributed by atoms with E-state index in [9.17, 15) is 4.79 Å². The lowest BCUT2D eigenvalue weighted by atomic mass is 10.1. The molecule has 1 heterocycles. The number of rotatable bonds is 5. The molecule has 1 aromatic heterocycles. The van der Waals surface area contributed by atoms with E-state index in [1.807, 2.05) is 25.1 Å². The molecule has 6 nitrogen and oxygen atoms in total. The van der Waals surface area contributed by atoms with Crippen molar-refractivity contribution in [3.63, 3.8) is 0 Å². The Morgan fingerprint density at radius 3 is 2.90 bits per heavy atom. The van der Waals surface area contributed by atoms with Crippen molar-refractivity contribution in [1.82, 2.24) is 14.8 Å². The number of benzene rings is 1. The number of ether oxygens (including phenoxy) is 1. The summed E-state index contributed by atoms with van der Waals surface area (Å²) < 4.78 is 6.80. The SMILES string of the molecule is COc1ccc(C)cc1C(N)CSc1n[nH]c(=O)n1C. The highest BCUT2D eigenvalue weighted by atomic mass is 32.2. The number of hydrogen-bond donors (Lipinski definition) is 2. The van der Waals surface area contributed by atoms with Gasteiger partial charge in [0.2, 0.25) is 0 Å². The van der Waals surface area contributed by atoms with Crippen LogP contribution in [0.3, 0.4) is 0 Å². The fourth-order valence-electron chi connectivity index (χ4n) is 1.86. The molecule has 0 amide bonds. The molecule has 108 valence electrons. The van der Waals surface area contributed by atoms with E-state index in [0.717, 1.165) is 16.9 Å². The van der Waals surface area contributed by atoms with Crippen LogP contribution in [-0.2, 0) is 7.05 Å². The summed E-state index contributed by atoms with van der Waals surface area (Å²) in [5.41, 5.74) is 8.08. The van der Waals surface area contributed by atoms with E-state index in [2.05, 4.69) is 10.2 Å². The third-order valence-corrected chi connectivity index (χ3v) is 4.16. The maximum atomic E-state index is 11.3. The number of aryl methyl sites for hydroxylation is 1. The van der Waals surface area contributed by atoms with Crippen molar-refractivity contribution < 1.29 is 4.74 Å². The minimum atomic E-state index is -0.228. The molecule has 0 bridgehead atoms. The van der Waals surface area contributed by atoms with Crippen LogP contribution in [0.4, 0.5) is 0 Å². The maximum absolute atomic E-state index is 11.3. The van der Waals surface area contributed by atoms with Gasteiger partial charge >= 0.3 is 5.69 Å². The molecule has 7 heteroatoms. The molecular weight excluding hydrogens is 276 g/mol. The maximum Gasteiger partial charge on any atom is 0.343 e. The standard InChI is InChI=1S/C13H18N4O2S/c1-8-4-5-11(19-3)9(6-8)10(14)7-20-13-16-15-12(18)17(13)2/h4-6,10H,7,14H2,1-3H3,(H,15,18). The van der Waals surface area contributed by atoms with Crippen LogP contribution in [0.2, 0.25) is 0 Å². The van der Waals surface area contributed by atoms with Crippen molar-refractivity contribution in [2.24, 2.45) is 12.8 Å². The van der Waals surface area contributed by atoms with Gasteiger partial charge in [-0.2, -0.15) is 0 Å². The Hall–Kier alpha value is -1.73. The number of H-pyrrole nitrogens is 1. The Kier molecular flexibility index (Phi) is 4.51. The van der Waals surface area contributed by atoms with Crippen LogP contribution in [-0.4, -0.2) is 27.6 Å². The summed E-state index contributed by atoms with van der Waals surface area (Å²) in [5, 5.41) is 6.97. The number of hydrogen-bond acceptors (Lipinski definition) is 5. The molecule has 0 radical (unpaired) electrons. The summed E-state index contributed by atoms with van der Waals surface area (Å²) in [6.07, 6.45) is 0. The topological polar surface area (TPSA) is 85.9 Å². The molecule has 2 aromatic rings. The van der Waals surface area contributed by atoms with Gasteiger partial charge < -0.3 is 10.5 Å². The number of aromatic amines is 1. The number of thioether (sulfide) groups is 1. The third kappa shape index (κ3) is 3.05. The molecule has 3 N–H and O–H groups in total. The predicted molar refractivity (Wildman–Crippen MR) is 79.2 cm³/mol. The Morgan fingerprint density at radius 2 is 2.30 bits per heavy atom. The molecule has 0 aliphatic rings. The Balaban J connectivity index is 2.12. The first kappa shape index (κ1) is 14.7. The molecular formula is C13H18N4O2S. The van der Waals surface area contributed by atoms with Crippen LogP contribution < -0.4 is 16.2 Å². The van der Waals surface area contributed by atoms with Crippen molar-refractivity contribution in [2.45, 2.75) is 18.1 Å². The highest BCUT2D eigenvalue weighted by Crippen LogP contribution is 2.28. The van der Waals surface area contributed by atoms with Gasteiger partial charge in [0.05, 0.1) is 7.11 Å². The highest BCUT2D eigenvalue weighted by Gasteiger charge is 2.14. The zero-order valence-corrected chi connectivity index (χ0v) is 12.5. The van der Waals surface area contributed by atoms with Gasteiger partial charge in [-0.1, -0.05) is 29.5 Å². The molecule has 2 rings (SSSR count). The van der Waals surface area contributed by atoms with Gasteiger partial charge in [-0.05, 0) is 13.0 Å². The molecule has 0 saturated carbocycles. The first-order chi connectivity index (χ1) is 9.52. The Labute approximate surface area is 121 Å². The van der Waals surface area contributed by atoms with E-state index < -0.39 is 0 Å². The normalized spacial score (nSPS) is 12.4. The predicted octanol–water partition coefficient (Wildman–Crippen LogP) is 1.22. The number of aromatic nitrogens is 3. The van der Waals surface area contributed by atoms with Crippen LogP contribution in [0.5, 0.6) is 5.75 Å². The second-order valence-electron chi connectivity index (χ2n) is 4.53. The van der Waals surface area contributed by atoms with Crippen LogP contribution in [0.1, 0.15) is 17.2 Å². The Bertz CT molecular complexity index is 650. The zero-order valence-electron chi connectivity index (χ0n) is 11.7. The van der Waals surface area contributed by atoms with E-state index >= 15 is 0 Å². The van der Waals surface area contributed by atoms with E-state index in [0.29, 0.717) is 10.9 Å². The lowest BCUT2D eigenvalue weighted by Crippen LogP contribution is -2.16. The highest BCUT2D eigenvalue weighted by molar-refractivity contribution is 7.99. The summed E-state index contributed by atoms with van der Waals surface area (Å²) in [5.74, 6) is 1.39. The second kappa shape index (κ2) is 6.15. The van der Waals surface area contributed by atoms with Crippen LogP contribution in [0, 0.1) is 6.92 Å². The summed E-state index contributed by atoms with van der Waals surface area (Å²) in [7, 11) is 3.30. The van der Waals surface area contributed by atoms with Crippen molar-refractivity contribution >= 4 is 11.8 Å². The van der Waals surface area contributed by atoms with Crippen LogP contribution in [0.25, 0.3) is 0 Å². The second-order valence-corrected chi connectivity index (χ2v) is 5.52. The largest absolute Gasteiger partial charge is 0.496 e. The molecule has 0 fully saturated rings. The lowest BCUT2D eigenvalue weighted by molar-refractivity contribution is 0.407. The molecule has 0 spiro atoms. The number of methoxy groups -OCH3 is 1. The van der Waals surface area contributed by atoms with Crippen LogP contribution >= 0.6 is 11.8 Å². The first-order valence-electron chi connectivity index (χ1n) is 6.17. The van der Waals surface area contributed by atoms with E-state index in [4.69, 9.17) is 10.5 Å². The number of nitrogens with one attached hydrogen (secondary N) is 1. The van der Waals surface area contributed by atoms with E-state index in [1.165, 1.54) is 16.3 Å². The average Bonchev–Trinajstić information content (AvgIpc) is 2.76. The molecule has 20 heavy (non-hydrogen) atoms. The number of nitrogens with two attached hydrogens (primary N) is 1. The fourth-order valence-corrected chi connectivity index (χ4v) is 2.75. The van der Waals surface area contributed by atoms with Gasteiger partial charge in [-0.15, -0.1) is 5.10 Å². The monoisotopic (exact) mass is 294 g/mol. The van der Waals surface area contributed by atoms with E-state index in [-0.39, 0.29) is 11.7 Å². The summed E-state index contributed by atoms with van der Waals surface area (Å²) in [4.78, 5) is 11.3. The third-order valence-electron chi connectivity index (χ3n) is 3.02. The van der Waals surface area contributed by atoms with Gasteiger partial charge in [-0.25, -0.2) is 9.89 Å². The summed E-state index contributed by atoms with van der Waals surface area (Å²) in [6.45, 7) is 2.01. The smallest absolute Gasteiger partial charge is 0.343 e. The average molecular weight is 294 g/mol. The quantitative estimate of drug-likeness (QED) is 0.810. The van der Waals surface area contributed by atoms with Crippen molar-refractivity contribution in [3.05, 3.63) is 39.8 Å². The molecule has 1 atom stereocenters. The minimum absolute atomic E-state index is 0.193. The Morgan fingerprint density at radius 1 is 1.55 bits per heavy atom. The molecule has 0 aliphatic heterocycles. The minimum Gasteiger partial charge on any atom is -0.496 e. The first-order valence-corrected chi connectivity index (χ1v) is 7.15. The summed E-state index contributed by atoms with van der Waals surface area (Å²) in [6, 6.07) is 5.73. The molecule has 1 aromatic carbocycles. The molecule has 0 saturated heterocycles. The van der Waals surface area contributed by atoms with Crippen molar-refractivity contribution in [2.75, 3.05) is 12.9 Å². The molecule has 1 unspecified atom stereocenters. The van der Waals surface area contributed by atoms with Crippen molar-refractivity contribution in [3.8, 4) is 5.75 Å². The molecule has 0 aliphatic carbocycles. The van der Waals surface area contributed by atoms with Crippen molar-refractivity contribution in [1.29, 1.82) is 0 Å². The lowest BCUT2D eigenvalue weighted by Gasteiger charge is -2.15. The number of nitrogens with zero attached hydrogens (tertiary/aromatic N) is 2. The fraction of sp³-hybridized carbons (Fsp3) is 0.385. The van der Waals surface area contributed by atoms with Gasteiger partial charge in [0.15, 0.2) is 5.16 Å². The van der Waals surface area contributed by atoms with E-state index in [1.54, 1.807) is 14.2 Å². The van der Waals surface area contributed by atoms with Gasteiger partial charge in [0.25, 0.3) is 0 Å². The zero-order chi connectivity index (χ0) is 14.7.